The molecule has 19 heavy (non-hydrogen) atoms. The second kappa shape index (κ2) is 4.68. The molecule has 0 unspecified atom stereocenters. The van der Waals surface area contributed by atoms with Gasteiger partial charge in [0.1, 0.15) is 11.3 Å². The number of likely N-dealkylation sites (tertiary alicyclic amines) is 1. The molecule has 0 aliphatic carbocycles. The zero-order valence-corrected chi connectivity index (χ0v) is 11.5. The predicted molar refractivity (Wildman–Crippen MR) is 74.4 cm³/mol. The molecule has 1 saturated heterocycles. The fourth-order valence-electron chi connectivity index (χ4n) is 2.77. The second-order valence-corrected chi connectivity index (χ2v) is 5.33. The summed E-state index contributed by atoms with van der Waals surface area (Å²) in [5, 5.41) is 0. The monoisotopic (exact) mass is 257 g/mol. The van der Waals surface area contributed by atoms with Crippen LogP contribution in [-0.4, -0.2) is 33.3 Å². The summed E-state index contributed by atoms with van der Waals surface area (Å²) < 4.78 is 1.92. The third-order valence-corrected chi connectivity index (χ3v) is 3.80. The van der Waals surface area contributed by atoms with Gasteiger partial charge in [0.25, 0.3) is 5.91 Å². The maximum atomic E-state index is 12.6. The SMILES string of the molecule is Cc1ccn2c(C(=O)N3CCCCC3)c(C)nc2c1. The van der Waals surface area contributed by atoms with E-state index in [0.717, 1.165) is 48.5 Å². The number of rotatable bonds is 1. The van der Waals surface area contributed by atoms with Crippen LogP contribution in [0.5, 0.6) is 0 Å². The van der Waals surface area contributed by atoms with Crippen molar-refractivity contribution in [2.75, 3.05) is 13.1 Å². The first kappa shape index (κ1) is 12.2. The fraction of sp³-hybridized carbons (Fsp3) is 0.467. The second-order valence-electron chi connectivity index (χ2n) is 5.33. The summed E-state index contributed by atoms with van der Waals surface area (Å²) in [6.07, 6.45) is 5.40. The molecule has 0 atom stereocenters. The van der Waals surface area contributed by atoms with Gasteiger partial charge < -0.3 is 4.90 Å². The fourth-order valence-corrected chi connectivity index (χ4v) is 2.77. The Hall–Kier alpha value is -1.84. The Morgan fingerprint density at radius 1 is 1.21 bits per heavy atom. The average Bonchev–Trinajstić information content (AvgIpc) is 2.74. The molecule has 4 heteroatoms. The highest BCUT2D eigenvalue weighted by molar-refractivity contribution is 5.94. The van der Waals surface area contributed by atoms with Crippen molar-refractivity contribution in [2.24, 2.45) is 0 Å². The molecule has 4 nitrogen and oxygen atoms in total. The minimum absolute atomic E-state index is 0.119. The molecule has 1 aliphatic heterocycles. The highest BCUT2D eigenvalue weighted by Crippen LogP contribution is 2.18. The number of piperidine rings is 1. The van der Waals surface area contributed by atoms with E-state index >= 15 is 0 Å². The van der Waals surface area contributed by atoms with Crippen molar-refractivity contribution in [3.05, 3.63) is 35.3 Å². The van der Waals surface area contributed by atoms with Gasteiger partial charge in [-0.2, -0.15) is 0 Å². The first-order chi connectivity index (χ1) is 9.16. The number of nitrogens with zero attached hydrogens (tertiary/aromatic N) is 3. The van der Waals surface area contributed by atoms with Crippen LogP contribution in [0.4, 0.5) is 0 Å². The summed E-state index contributed by atoms with van der Waals surface area (Å²) in [5.41, 5.74) is 3.56. The molecule has 0 aromatic carbocycles. The highest BCUT2D eigenvalue weighted by atomic mass is 16.2. The molecule has 100 valence electrons. The van der Waals surface area contributed by atoms with E-state index in [1.165, 1.54) is 6.42 Å². The van der Waals surface area contributed by atoms with Gasteiger partial charge in [-0.1, -0.05) is 0 Å². The van der Waals surface area contributed by atoms with Crippen molar-refractivity contribution in [2.45, 2.75) is 33.1 Å². The number of carbonyl (C=O) groups is 1. The Balaban J connectivity index is 2.03. The lowest BCUT2D eigenvalue weighted by atomic mass is 10.1. The van der Waals surface area contributed by atoms with E-state index in [4.69, 9.17) is 0 Å². The lowest BCUT2D eigenvalue weighted by Crippen LogP contribution is -2.36. The summed E-state index contributed by atoms with van der Waals surface area (Å²) in [4.78, 5) is 19.1. The van der Waals surface area contributed by atoms with Crippen LogP contribution in [0.15, 0.2) is 18.3 Å². The lowest BCUT2D eigenvalue weighted by Gasteiger charge is -2.26. The summed E-state index contributed by atoms with van der Waals surface area (Å²) in [5.74, 6) is 0.119. The van der Waals surface area contributed by atoms with Crippen LogP contribution < -0.4 is 0 Å². The van der Waals surface area contributed by atoms with E-state index in [9.17, 15) is 4.79 Å². The van der Waals surface area contributed by atoms with Gasteiger partial charge in [0.15, 0.2) is 0 Å². The summed E-state index contributed by atoms with van der Waals surface area (Å²) in [6.45, 7) is 5.70. The molecule has 2 aromatic rings. The predicted octanol–water partition coefficient (Wildman–Crippen LogP) is 2.58. The third-order valence-electron chi connectivity index (χ3n) is 3.80. The Morgan fingerprint density at radius 3 is 2.68 bits per heavy atom. The molecule has 0 radical (unpaired) electrons. The molecule has 1 fully saturated rings. The van der Waals surface area contributed by atoms with Crippen LogP contribution in [0.25, 0.3) is 5.65 Å². The number of imidazole rings is 1. The molecule has 2 aromatic heterocycles. The van der Waals surface area contributed by atoms with Gasteiger partial charge in [0, 0.05) is 19.3 Å². The zero-order chi connectivity index (χ0) is 13.4. The summed E-state index contributed by atoms with van der Waals surface area (Å²) >= 11 is 0. The lowest BCUT2D eigenvalue weighted by molar-refractivity contribution is 0.0716. The van der Waals surface area contributed by atoms with Crippen molar-refractivity contribution >= 4 is 11.6 Å². The van der Waals surface area contributed by atoms with Crippen LogP contribution in [0.1, 0.15) is 41.0 Å². The van der Waals surface area contributed by atoms with Gasteiger partial charge in [-0.15, -0.1) is 0 Å². The van der Waals surface area contributed by atoms with Crippen LogP contribution in [0.2, 0.25) is 0 Å². The minimum Gasteiger partial charge on any atom is -0.337 e. The van der Waals surface area contributed by atoms with Crippen molar-refractivity contribution in [3.63, 3.8) is 0 Å². The van der Waals surface area contributed by atoms with Crippen molar-refractivity contribution in [1.29, 1.82) is 0 Å². The Labute approximate surface area is 113 Å². The number of hydrogen-bond donors (Lipinski definition) is 0. The number of pyridine rings is 1. The van der Waals surface area contributed by atoms with Crippen molar-refractivity contribution in [3.8, 4) is 0 Å². The van der Waals surface area contributed by atoms with E-state index in [0.29, 0.717) is 0 Å². The van der Waals surface area contributed by atoms with Crippen LogP contribution in [0.3, 0.4) is 0 Å². The summed E-state index contributed by atoms with van der Waals surface area (Å²) in [6, 6.07) is 4.03. The maximum absolute atomic E-state index is 12.6. The van der Waals surface area contributed by atoms with E-state index in [1.807, 2.05) is 41.5 Å². The van der Waals surface area contributed by atoms with Gasteiger partial charge in [0.05, 0.1) is 5.69 Å². The number of carbonyl (C=O) groups excluding carboxylic acids is 1. The van der Waals surface area contributed by atoms with Crippen molar-refractivity contribution in [1.82, 2.24) is 14.3 Å². The molecule has 0 spiro atoms. The van der Waals surface area contributed by atoms with Gasteiger partial charge in [-0.05, 0) is 50.8 Å². The Kier molecular flexibility index (Phi) is 3.01. The smallest absolute Gasteiger partial charge is 0.272 e. The highest BCUT2D eigenvalue weighted by Gasteiger charge is 2.23. The molecule has 0 N–H and O–H groups in total. The van der Waals surface area contributed by atoms with Gasteiger partial charge in [-0.3, -0.25) is 9.20 Å². The molecule has 3 heterocycles. The van der Waals surface area contributed by atoms with Gasteiger partial charge in [-0.25, -0.2) is 4.98 Å². The van der Waals surface area contributed by atoms with Crippen LogP contribution in [-0.2, 0) is 0 Å². The first-order valence-corrected chi connectivity index (χ1v) is 6.91. The number of fused-ring (bicyclic) bond motifs is 1. The summed E-state index contributed by atoms with van der Waals surface area (Å²) in [7, 11) is 0. The van der Waals surface area contributed by atoms with E-state index in [-0.39, 0.29) is 5.91 Å². The molecule has 0 saturated carbocycles. The van der Waals surface area contributed by atoms with Crippen LogP contribution in [0, 0.1) is 13.8 Å². The van der Waals surface area contributed by atoms with E-state index in [1.54, 1.807) is 0 Å². The van der Waals surface area contributed by atoms with Crippen molar-refractivity contribution < 1.29 is 4.79 Å². The molecule has 0 bridgehead atoms. The number of aryl methyl sites for hydroxylation is 2. The average molecular weight is 257 g/mol. The Morgan fingerprint density at radius 2 is 1.95 bits per heavy atom. The molecular formula is C15H19N3O. The standard InChI is InChI=1S/C15H19N3O/c1-11-6-9-18-13(10-11)16-12(2)14(18)15(19)17-7-4-3-5-8-17/h6,9-10H,3-5,7-8H2,1-2H3. The zero-order valence-electron chi connectivity index (χ0n) is 11.5. The first-order valence-electron chi connectivity index (χ1n) is 6.91. The van der Waals surface area contributed by atoms with E-state index in [2.05, 4.69) is 4.98 Å². The largest absolute Gasteiger partial charge is 0.337 e. The maximum Gasteiger partial charge on any atom is 0.272 e. The van der Waals surface area contributed by atoms with E-state index < -0.39 is 0 Å². The molecule has 1 amide bonds. The van der Waals surface area contributed by atoms with Gasteiger partial charge >= 0.3 is 0 Å². The third kappa shape index (κ3) is 2.11. The van der Waals surface area contributed by atoms with Gasteiger partial charge in [0.2, 0.25) is 0 Å². The topological polar surface area (TPSA) is 37.6 Å². The number of aromatic nitrogens is 2. The Bertz CT molecular complexity index is 624. The minimum atomic E-state index is 0.119. The molecule has 3 rings (SSSR count). The molecular weight excluding hydrogens is 238 g/mol. The normalized spacial score (nSPS) is 16.0. The number of amides is 1. The van der Waals surface area contributed by atoms with Crippen LogP contribution >= 0.6 is 0 Å². The molecule has 1 aliphatic rings. The number of hydrogen-bond acceptors (Lipinski definition) is 2. The quantitative estimate of drug-likeness (QED) is 0.787.